The first kappa shape index (κ1) is 18.5. The van der Waals surface area contributed by atoms with E-state index in [1.165, 1.54) is 5.57 Å². The molecule has 0 spiro atoms. The smallest absolute Gasteiger partial charge is 0.159 e. The van der Waals surface area contributed by atoms with Crippen molar-refractivity contribution in [2.24, 2.45) is 5.41 Å². The summed E-state index contributed by atoms with van der Waals surface area (Å²) < 4.78 is 19.1. The molecule has 0 amide bonds. The first-order valence-corrected chi connectivity index (χ1v) is 10.4. The Morgan fingerprint density at radius 3 is 2.52 bits per heavy atom. The lowest BCUT2D eigenvalue weighted by Crippen LogP contribution is -2.40. The molecular formula is C21H28O3S. The zero-order valence-electron chi connectivity index (χ0n) is 15.6. The van der Waals surface area contributed by atoms with Crippen molar-refractivity contribution in [3.8, 4) is 0 Å². The zero-order chi connectivity index (χ0) is 18.2. The molecule has 1 unspecified atom stereocenters. The lowest BCUT2D eigenvalue weighted by atomic mass is 9.71. The van der Waals surface area contributed by atoms with E-state index in [-0.39, 0.29) is 22.9 Å². The molecular weight excluding hydrogens is 332 g/mol. The van der Waals surface area contributed by atoms with Crippen LogP contribution in [0.25, 0.3) is 0 Å². The van der Waals surface area contributed by atoms with Gasteiger partial charge in [-0.05, 0) is 52.2 Å². The lowest BCUT2D eigenvalue weighted by Gasteiger charge is -2.40. The van der Waals surface area contributed by atoms with E-state index in [0.29, 0.717) is 12.2 Å². The van der Waals surface area contributed by atoms with Crippen LogP contribution >= 0.6 is 0 Å². The van der Waals surface area contributed by atoms with Crippen molar-refractivity contribution in [3.05, 3.63) is 41.5 Å². The van der Waals surface area contributed by atoms with Gasteiger partial charge in [0.15, 0.2) is 5.78 Å². The Hall–Kier alpha value is -1.26. The molecule has 0 saturated heterocycles. The van der Waals surface area contributed by atoms with Gasteiger partial charge in [-0.1, -0.05) is 30.7 Å². The molecule has 1 saturated carbocycles. The van der Waals surface area contributed by atoms with Crippen molar-refractivity contribution in [2.75, 3.05) is 5.75 Å². The van der Waals surface area contributed by atoms with Gasteiger partial charge in [-0.15, -0.1) is 0 Å². The lowest BCUT2D eigenvalue weighted by molar-refractivity contribution is -0.120. The SMILES string of the molecule is CC(C)(C)O[C@@H]1CCC2=C(CS(=O)c3ccccc3)C(=O)CC[C@]21C. The molecule has 1 fully saturated rings. The summed E-state index contributed by atoms with van der Waals surface area (Å²) in [7, 11) is -1.18. The Labute approximate surface area is 153 Å². The van der Waals surface area contributed by atoms with Gasteiger partial charge in [0, 0.05) is 22.3 Å². The summed E-state index contributed by atoms with van der Waals surface area (Å²) in [5.41, 5.74) is 1.70. The first-order valence-electron chi connectivity index (χ1n) is 9.08. The van der Waals surface area contributed by atoms with E-state index in [1.54, 1.807) is 0 Å². The highest BCUT2D eigenvalue weighted by molar-refractivity contribution is 7.85. The summed E-state index contributed by atoms with van der Waals surface area (Å²) in [4.78, 5) is 13.4. The summed E-state index contributed by atoms with van der Waals surface area (Å²) in [5.74, 6) is 0.504. The number of hydrogen-bond donors (Lipinski definition) is 0. The second-order valence-corrected chi connectivity index (χ2v) is 9.81. The molecule has 2 aliphatic carbocycles. The van der Waals surface area contributed by atoms with Crippen molar-refractivity contribution >= 4 is 16.6 Å². The fraction of sp³-hybridized carbons (Fsp3) is 0.571. The number of carbonyl (C=O) groups is 1. The quantitative estimate of drug-likeness (QED) is 0.797. The number of benzene rings is 1. The van der Waals surface area contributed by atoms with Gasteiger partial charge in [0.1, 0.15) is 0 Å². The van der Waals surface area contributed by atoms with Gasteiger partial charge >= 0.3 is 0 Å². The molecule has 3 nitrogen and oxygen atoms in total. The Kier molecular flexibility index (Phi) is 5.04. The number of hydrogen-bond acceptors (Lipinski definition) is 3. The number of ketones is 1. The summed E-state index contributed by atoms with van der Waals surface area (Å²) in [5, 5.41) is 0. The largest absolute Gasteiger partial charge is 0.372 e. The number of fused-ring (bicyclic) bond motifs is 1. The maximum absolute atomic E-state index is 12.8. The molecule has 0 heterocycles. The van der Waals surface area contributed by atoms with E-state index in [9.17, 15) is 9.00 Å². The fourth-order valence-electron chi connectivity index (χ4n) is 4.14. The van der Waals surface area contributed by atoms with Crippen LogP contribution in [0.4, 0.5) is 0 Å². The van der Waals surface area contributed by atoms with Crippen molar-refractivity contribution in [3.63, 3.8) is 0 Å². The molecule has 3 rings (SSSR count). The molecule has 0 radical (unpaired) electrons. The molecule has 2 aliphatic rings. The van der Waals surface area contributed by atoms with Crippen LogP contribution in [-0.4, -0.2) is 27.5 Å². The van der Waals surface area contributed by atoms with Gasteiger partial charge in [-0.3, -0.25) is 9.00 Å². The van der Waals surface area contributed by atoms with E-state index < -0.39 is 10.8 Å². The molecule has 3 atom stereocenters. The molecule has 0 aliphatic heterocycles. The van der Waals surface area contributed by atoms with Gasteiger partial charge in [0.05, 0.1) is 28.3 Å². The third-order valence-electron chi connectivity index (χ3n) is 5.41. The van der Waals surface area contributed by atoms with Crippen LogP contribution in [-0.2, 0) is 20.3 Å². The minimum atomic E-state index is -1.18. The third kappa shape index (κ3) is 3.80. The molecule has 25 heavy (non-hydrogen) atoms. The van der Waals surface area contributed by atoms with Crippen LogP contribution in [0.5, 0.6) is 0 Å². The van der Waals surface area contributed by atoms with Gasteiger partial charge in [-0.2, -0.15) is 0 Å². The highest BCUT2D eigenvalue weighted by Gasteiger charge is 2.49. The summed E-state index contributed by atoms with van der Waals surface area (Å²) in [6, 6.07) is 9.43. The van der Waals surface area contributed by atoms with E-state index in [0.717, 1.165) is 29.7 Å². The van der Waals surface area contributed by atoms with Crippen molar-refractivity contribution < 1.29 is 13.7 Å². The maximum Gasteiger partial charge on any atom is 0.159 e. The van der Waals surface area contributed by atoms with E-state index in [2.05, 4.69) is 27.7 Å². The van der Waals surface area contributed by atoms with E-state index in [4.69, 9.17) is 4.74 Å². The van der Waals surface area contributed by atoms with Gasteiger partial charge in [-0.25, -0.2) is 0 Å². The van der Waals surface area contributed by atoms with Crippen molar-refractivity contribution in [2.45, 2.75) is 70.0 Å². The van der Waals surface area contributed by atoms with Crippen LogP contribution in [0.2, 0.25) is 0 Å². The van der Waals surface area contributed by atoms with Crippen molar-refractivity contribution in [1.29, 1.82) is 0 Å². The number of rotatable bonds is 4. The Morgan fingerprint density at radius 2 is 1.88 bits per heavy atom. The van der Waals surface area contributed by atoms with Gasteiger partial charge in [0.2, 0.25) is 0 Å². The molecule has 1 aromatic rings. The first-order chi connectivity index (χ1) is 11.7. The second-order valence-electron chi connectivity index (χ2n) is 8.36. The Bertz CT molecular complexity index is 714. The molecule has 0 aromatic heterocycles. The van der Waals surface area contributed by atoms with Gasteiger partial charge in [0.25, 0.3) is 0 Å². The van der Waals surface area contributed by atoms with E-state index in [1.807, 2.05) is 30.3 Å². The minimum Gasteiger partial charge on any atom is -0.372 e. The van der Waals surface area contributed by atoms with Crippen LogP contribution in [0, 0.1) is 5.41 Å². The van der Waals surface area contributed by atoms with Crippen LogP contribution in [0.1, 0.15) is 53.4 Å². The maximum atomic E-state index is 12.8. The number of Topliss-reactive ketones (excluding diaryl/α,β-unsaturated/α-hetero) is 1. The Balaban J connectivity index is 1.90. The molecule has 0 bridgehead atoms. The van der Waals surface area contributed by atoms with Crippen LogP contribution in [0.15, 0.2) is 46.4 Å². The highest BCUT2D eigenvalue weighted by atomic mass is 32.2. The predicted octanol–water partition coefficient (Wildman–Crippen LogP) is 4.44. The van der Waals surface area contributed by atoms with Crippen LogP contribution in [0.3, 0.4) is 0 Å². The summed E-state index contributed by atoms with van der Waals surface area (Å²) in [6.07, 6.45) is 3.33. The summed E-state index contributed by atoms with van der Waals surface area (Å²) in [6.45, 7) is 8.47. The second kappa shape index (κ2) is 6.81. The third-order valence-corrected chi connectivity index (χ3v) is 6.75. The topological polar surface area (TPSA) is 43.4 Å². The average Bonchev–Trinajstić information content (AvgIpc) is 2.87. The minimum absolute atomic E-state index is 0.0998. The summed E-state index contributed by atoms with van der Waals surface area (Å²) >= 11 is 0. The molecule has 0 N–H and O–H groups in total. The average molecular weight is 361 g/mol. The number of carbonyl (C=O) groups excluding carboxylic acids is 1. The molecule has 4 heteroatoms. The normalized spacial score (nSPS) is 28.2. The standard InChI is InChI=1S/C21H28O3S/c1-20(2,3)24-19-11-10-17-16(18(22)12-13-21(17,19)4)14-25(23)15-8-6-5-7-9-15/h5-9,19H,10-14H2,1-4H3/t19-,21-,25?/m1/s1. The monoisotopic (exact) mass is 360 g/mol. The van der Waals surface area contributed by atoms with Crippen LogP contribution < -0.4 is 0 Å². The zero-order valence-corrected chi connectivity index (χ0v) is 16.4. The van der Waals surface area contributed by atoms with Gasteiger partial charge < -0.3 is 4.74 Å². The van der Waals surface area contributed by atoms with Crippen molar-refractivity contribution in [1.82, 2.24) is 0 Å². The highest BCUT2D eigenvalue weighted by Crippen LogP contribution is 2.52. The fourth-order valence-corrected chi connectivity index (χ4v) is 5.37. The molecule has 1 aromatic carbocycles. The predicted molar refractivity (Wildman–Crippen MR) is 101 cm³/mol. The Morgan fingerprint density at radius 1 is 1.20 bits per heavy atom. The van der Waals surface area contributed by atoms with E-state index >= 15 is 0 Å². The molecule has 136 valence electrons. The number of ether oxygens (including phenoxy) is 1.